The first-order chi connectivity index (χ1) is 13.8. The van der Waals surface area contributed by atoms with Crippen molar-refractivity contribution in [1.29, 1.82) is 0 Å². The summed E-state index contributed by atoms with van der Waals surface area (Å²) in [5, 5.41) is 4.65. The van der Waals surface area contributed by atoms with Gasteiger partial charge < -0.3 is 15.1 Å². The van der Waals surface area contributed by atoms with E-state index in [0.29, 0.717) is 6.04 Å². The fraction of sp³-hybridized carbons (Fsp3) is 0.391. The molecule has 5 heteroatoms. The van der Waals surface area contributed by atoms with Gasteiger partial charge in [0.15, 0.2) is 0 Å². The first-order valence-corrected chi connectivity index (χ1v) is 10.3. The molecule has 3 aromatic rings. The third kappa shape index (κ3) is 3.31. The van der Waals surface area contributed by atoms with E-state index in [1.54, 1.807) is 0 Å². The molecule has 0 aliphatic carbocycles. The summed E-state index contributed by atoms with van der Waals surface area (Å²) >= 11 is 0. The van der Waals surface area contributed by atoms with Crippen LogP contribution in [0.3, 0.4) is 0 Å². The zero-order valence-corrected chi connectivity index (χ0v) is 16.4. The van der Waals surface area contributed by atoms with Crippen LogP contribution in [0.25, 0.3) is 10.9 Å². The molecule has 0 radical (unpaired) electrons. The Labute approximate surface area is 166 Å². The topological polar surface area (TPSA) is 44.3 Å². The number of aromatic nitrogens is 2. The molecule has 2 aliphatic heterocycles. The Morgan fingerprint density at radius 3 is 2.68 bits per heavy atom. The number of rotatable bonds is 4. The maximum absolute atomic E-state index is 4.97. The molecule has 0 bridgehead atoms. The van der Waals surface area contributed by atoms with Gasteiger partial charge in [-0.05, 0) is 56.1 Å². The van der Waals surface area contributed by atoms with Gasteiger partial charge in [-0.3, -0.25) is 0 Å². The number of fused-ring (bicyclic) bond motifs is 2. The number of hydrogen-bond donors (Lipinski definition) is 1. The summed E-state index contributed by atoms with van der Waals surface area (Å²) in [6.45, 7) is 3.98. The Morgan fingerprint density at radius 1 is 1.00 bits per heavy atom. The summed E-state index contributed by atoms with van der Waals surface area (Å²) in [4.78, 5) is 14.6. The van der Waals surface area contributed by atoms with E-state index in [4.69, 9.17) is 9.97 Å². The normalized spacial score (nSPS) is 19.8. The molecule has 1 fully saturated rings. The molecular formula is C23H27N5. The quantitative estimate of drug-likeness (QED) is 0.755. The maximum atomic E-state index is 4.97. The second-order valence-electron chi connectivity index (χ2n) is 7.99. The van der Waals surface area contributed by atoms with Crippen molar-refractivity contribution in [1.82, 2.24) is 14.9 Å². The van der Waals surface area contributed by atoms with Gasteiger partial charge in [0.2, 0.25) is 5.95 Å². The zero-order valence-electron chi connectivity index (χ0n) is 16.4. The van der Waals surface area contributed by atoms with Crippen molar-refractivity contribution in [3.63, 3.8) is 0 Å². The minimum absolute atomic E-state index is 0.570. The molecule has 1 atom stereocenters. The Hall–Kier alpha value is -2.66. The molecule has 1 unspecified atom stereocenters. The van der Waals surface area contributed by atoms with Crippen molar-refractivity contribution in [2.24, 2.45) is 0 Å². The smallest absolute Gasteiger partial charge is 0.225 e. The summed E-state index contributed by atoms with van der Waals surface area (Å²) in [6.07, 6.45) is 3.58. The molecule has 0 spiro atoms. The van der Waals surface area contributed by atoms with Crippen LogP contribution in [-0.2, 0) is 13.0 Å². The van der Waals surface area contributed by atoms with E-state index in [0.717, 1.165) is 48.7 Å². The molecule has 0 amide bonds. The largest absolute Gasteiger partial charge is 0.353 e. The molecule has 3 heterocycles. The lowest BCUT2D eigenvalue weighted by Crippen LogP contribution is -2.33. The Kier molecular flexibility index (Phi) is 4.61. The first-order valence-electron chi connectivity index (χ1n) is 10.3. The van der Waals surface area contributed by atoms with E-state index in [1.165, 1.54) is 30.5 Å². The molecule has 28 heavy (non-hydrogen) atoms. The van der Waals surface area contributed by atoms with Crippen LogP contribution >= 0.6 is 0 Å². The van der Waals surface area contributed by atoms with Crippen LogP contribution in [0.2, 0.25) is 0 Å². The Morgan fingerprint density at radius 2 is 1.82 bits per heavy atom. The minimum atomic E-state index is 0.570. The standard InChI is InChI=1S/C23H27N5/c1-27-13-6-9-19(27)15-24-23-25-21-11-5-4-10-20(21)22(26-23)28-14-12-17-7-2-3-8-18(17)16-28/h2-5,7-8,10-11,19H,6,9,12-16H2,1H3,(H,24,25,26). The van der Waals surface area contributed by atoms with E-state index in [2.05, 4.69) is 70.7 Å². The van der Waals surface area contributed by atoms with Crippen molar-refractivity contribution in [2.75, 3.05) is 36.9 Å². The molecule has 2 aliphatic rings. The van der Waals surface area contributed by atoms with Gasteiger partial charge in [0.05, 0.1) is 5.52 Å². The van der Waals surface area contributed by atoms with Crippen LogP contribution in [-0.4, -0.2) is 47.6 Å². The fourth-order valence-electron chi connectivity index (χ4n) is 4.50. The average Bonchev–Trinajstić information content (AvgIpc) is 3.16. The highest BCUT2D eigenvalue weighted by atomic mass is 15.2. The monoisotopic (exact) mass is 373 g/mol. The van der Waals surface area contributed by atoms with Crippen molar-refractivity contribution >= 4 is 22.7 Å². The number of para-hydroxylation sites is 1. The molecule has 2 aromatic carbocycles. The second kappa shape index (κ2) is 7.40. The van der Waals surface area contributed by atoms with E-state index in [-0.39, 0.29) is 0 Å². The summed E-state index contributed by atoms with van der Waals surface area (Å²) < 4.78 is 0. The summed E-state index contributed by atoms with van der Waals surface area (Å²) in [5.74, 6) is 1.79. The van der Waals surface area contributed by atoms with Crippen LogP contribution in [0.4, 0.5) is 11.8 Å². The molecular weight excluding hydrogens is 346 g/mol. The van der Waals surface area contributed by atoms with Crippen molar-refractivity contribution < 1.29 is 0 Å². The summed E-state index contributed by atoms with van der Waals surface area (Å²) in [7, 11) is 2.21. The van der Waals surface area contributed by atoms with Crippen LogP contribution in [0.15, 0.2) is 48.5 Å². The molecule has 1 N–H and O–H groups in total. The third-order valence-corrected chi connectivity index (χ3v) is 6.18. The summed E-state index contributed by atoms with van der Waals surface area (Å²) in [6, 6.07) is 17.7. The zero-order chi connectivity index (χ0) is 18.9. The first kappa shape index (κ1) is 17.4. The van der Waals surface area contributed by atoms with Crippen LogP contribution < -0.4 is 10.2 Å². The van der Waals surface area contributed by atoms with Gasteiger partial charge in [-0.25, -0.2) is 4.98 Å². The average molecular weight is 374 g/mol. The molecule has 5 nitrogen and oxygen atoms in total. The SMILES string of the molecule is CN1CCCC1CNc1nc(N2CCc3ccccc3C2)c2ccccc2n1. The van der Waals surface area contributed by atoms with Crippen LogP contribution in [0.5, 0.6) is 0 Å². The van der Waals surface area contributed by atoms with Crippen LogP contribution in [0, 0.1) is 0 Å². The highest BCUT2D eigenvalue weighted by molar-refractivity contribution is 5.90. The van der Waals surface area contributed by atoms with Crippen molar-refractivity contribution in [3.05, 3.63) is 59.7 Å². The van der Waals surface area contributed by atoms with Crippen molar-refractivity contribution in [3.8, 4) is 0 Å². The maximum Gasteiger partial charge on any atom is 0.225 e. The van der Waals surface area contributed by atoms with Gasteiger partial charge in [0, 0.05) is 31.1 Å². The molecule has 1 aromatic heterocycles. The van der Waals surface area contributed by atoms with Gasteiger partial charge >= 0.3 is 0 Å². The lowest BCUT2D eigenvalue weighted by Gasteiger charge is -2.31. The van der Waals surface area contributed by atoms with Gasteiger partial charge in [-0.15, -0.1) is 0 Å². The van der Waals surface area contributed by atoms with Gasteiger partial charge in [-0.2, -0.15) is 4.98 Å². The number of nitrogens with zero attached hydrogens (tertiary/aromatic N) is 4. The van der Waals surface area contributed by atoms with Crippen molar-refractivity contribution in [2.45, 2.75) is 31.8 Å². The molecule has 5 rings (SSSR count). The van der Waals surface area contributed by atoms with E-state index < -0.39 is 0 Å². The number of benzene rings is 2. The molecule has 144 valence electrons. The highest BCUT2D eigenvalue weighted by Crippen LogP contribution is 2.30. The Bertz CT molecular complexity index is 986. The van der Waals surface area contributed by atoms with E-state index >= 15 is 0 Å². The predicted molar refractivity (Wildman–Crippen MR) is 115 cm³/mol. The fourth-order valence-corrected chi connectivity index (χ4v) is 4.50. The summed E-state index contributed by atoms with van der Waals surface area (Å²) in [5.41, 5.74) is 3.87. The predicted octanol–water partition coefficient (Wildman–Crippen LogP) is 3.70. The van der Waals surface area contributed by atoms with Crippen LogP contribution in [0.1, 0.15) is 24.0 Å². The van der Waals surface area contributed by atoms with E-state index in [1.807, 2.05) is 0 Å². The lowest BCUT2D eigenvalue weighted by molar-refractivity contribution is 0.322. The van der Waals surface area contributed by atoms with Gasteiger partial charge in [0.25, 0.3) is 0 Å². The number of anilines is 2. The number of nitrogens with one attached hydrogen (secondary N) is 1. The highest BCUT2D eigenvalue weighted by Gasteiger charge is 2.22. The van der Waals surface area contributed by atoms with Gasteiger partial charge in [0.1, 0.15) is 5.82 Å². The number of likely N-dealkylation sites (tertiary alicyclic amines) is 1. The number of hydrogen-bond acceptors (Lipinski definition) is 5. The second-order valence-corrected chi connectivity index (χ2v) is 7.99. The molecule has 1 saturated heterocycles. The van der Waals surface area contributed by atoms with Gasteiger partial charge in [-0.1, -0.05) is 36.4 Å². The molecule has 0 saturated carbocycles. The Balaban J connectivity index is 1.45. The van der Waals surface area contributed by atoms with E-state index in [9.17, 15) is 0 Å². The third-order valence-electron chi connectivity index (χ3n) is 6.18. The lowest BCUT2D eigenvalue weighted by atomic mass is 10.00. The minimum Gasteiger partial charge on any atom is -0.353 e. The number of likely N-dealkylation sites (N-methyl/N-ethyl adjacent to an activating group) is 1.